The maximum absolute atomic E-state index is 12.3. The molecule has 28 heavy (non-hydrogen) atoms. The largest absolute Gasteiger partial charge is 0.462 e. The summed E-state index contributed by atoms with van der Waals surface area (Å²) in [6.45, 7) is 2.63. The maximum atomic E-state index is 12.3. The monoisotopic (exact) mass is 376 g/mol. The van der Waals surface area contributed by atoms with Gasteiger partial charge in [0, 0.05) is 11.9 Å². The van der Waals surface area contributed by atoms with E-state index in [1.807, 2.05) is 18.2 Å². The molecule has 0 fully saturated rings. The zero-order valence-corrected chi connectivity index (χ0v) is 15.4. The van der Waals surface area contributed by atoms with Gasteiger partial charge in [-0.25, -0.2) is 9.78 Å². The fourth-order valence-corrected chi connectivity index (χ4v) is 2.43. The van der Waals surface area contributed by atoms with Gasteiger partial charge < -0.3 is 15.4 Å². The van der Waals surface area contributed by atoms with Gasteiger partial charge in [-0.15, -0.1) is 0 Å². The van der Waals surface area contributed by atoms with E-state index in [4.69, 9.17) is 4.74 Å². The van der Waals surface area contributed by atoms with Crippen molar-refractivity contribution in [1.29, 1.82) is 0 Å². The molecule has 0 radical (unpaired) electrons. The van der Waals surface area contributed by atoms with Crippen LogP contribution in [0.4, 0.5) is 11.4 Å². The summed E-state index contributed by atoms with van der Waals surface area (Å²) in [4.78, 5) is 32.4. The Morgan fingerprint density at radius 1 is 0.964 bits per heavy atom. The Bertz CT molecular complexity index is 926. The number of hydrogen-bond donors (Lipinski definition) is 2. The molecule has 1 aromatic carbocycles. The Hall–Kier alpha value is -3.74. The number of hydrogen-bond acceptors (Lipinski definition) is 6. The summed E-state index contributed by atoms with van der Waals surface area (Å²) in [5.41, 5.74) is 2.99. The Balaban J connectivity index is 1.56. The van der Waals surface area contributed by atoms with Crippen LogP contribution in [0.3, 0.4) is 0 Å². The van der Waals surface area contributed by atoms with Gasteiger partial charge in [0.15, 0.2) is 0 Å². The molecule has 0 aliphatic carbocycles. The van der Waals surface area contributed by atoms with E-state index in [1.54, 1.807) is 55.7 Å². The highest BCUT2D eigenvalue weighted by Crippen LogP contribution is 2.13. The molecule has 0 spiro atoms. The zero-order chi connectivity index (χ0) is 19.8. The molecular weight excluding hydrogens is 356 g/mol. The third-order valence-electron chi connectivity index (χ3n) is 3.85. The van der Waals surface area contributed by atoms with Crippen molar-refractivity contribution < 1.29 is 14.3 Å². The van der Waals surface area contributed by atoms with Crippen LogP contribution in [0, 0.1) is 0 Å². The molecule has 0 aliphatic rings. The normalized spacial score (nSPS) is 10.2. The van der Waals surface area contributed by atoms with Crippen molar-refractivity contribution in [2.75, 3.05) is 17.2 Å². The average molecular weight is 376 g/mol. The van der Waals surface area contributed by atoms with Gasteiger partial charge in [-0.1, -0.05) is 6.07 Å². The Labute approximate surface area is 162 Å². The summed E-state index contributed by atoms with van der Waals surface area (Å²) in [7, 11) is 0. The average Bonchev–Trinajstić information content (AvgIpc) is 2.74. The molecule has 2 N–H and O–H groups in total. The minimum absolute atomic E-state index is 0.290. The molecule has 3 rings (SSSR count). The lowest BCUT2D eigenvalue weighted by atomic mass is 10.2. The SMILES string of the molecule is CCOC(=O)c1ccc(NC(=O)c2ccc(NCc3ccccn3)cn2)cc1. The second-order valence-electron chi connectivity index (χ2n) is 5.86. The van der Waals surface area contributed by atoms with E-state index in [0.29, 0.717) is 24.4 Å². The predicted molar refractivity (Wildman–Crippen MR) is 106 cm³/mol. The lowest BCUT2D eigenvalue weighted by molar-refractivity contribution is 0.0526. The maximum Gasteiger partial charge on any atom is 0.338 e. The van der Waals surface area contributed by atoms with Gasteiger partial charge in [-0.05, 0) is 55.5 Å². The first-order valence-electron chi connectivity index (χ1n) is 8.84. The Morgan fingerprint density at radius 3 is 2.39 bits per heavy atom. The van der Waals surface area contributed by atoms with Crippen LogP contribution >= 0.6 is 0 Å². The molecule has 0 bridgehead atoms. The van der Waals surface area contributed by atoms with Crippen molar-refractivity contribution in [3.63, 3.8) is 0 Å². The molecule has 7 heteroatoms. The summed E-state index contributed by atoms with van der Waals surface area (Å²) in [5, 5.41) is 5.95. The van der Waals surface area contributed by atoms with Crippen molar-refractivity contribution in [3.05, 3.63) is 83.9 Å². The number of benzene rings is 1. The first-order valence-corrected chi connectivity index (χ1v) is 8.84. The second-order valence-corrected chi connectivity index (χ2v) is 5.86. The molecule has 0 saturated heterocycles. The number of ether oxygens (including phenoxy) is 1. The lowest BCUT2D eigenvalue weighted by Gasteiger charge is -2.08. The van der Waals surface area contributed by atoms with E-state index in [2.05, 4.69) is 20.6 Å². The zero-order valence-electron chi connectivity index (χ0n) is 15.4. The molecule has 0 unspecified atom stereocenters. The molecule has 3 aromatic rings. The number of amides is 1. The second kappa shape index (κ2) is 9.27. The highest BCUT2D eigenvalue weighted by atomic mass is 16.5. The lowest BCUT2D eigenvalue weighted by Crippen LogP contribution is -2.14. The van der Waals surface area contributed by atoms with Gasteiger partial charge in [0.05, 0.1) is 36.3 Å². The quantitative estimate of drug-likeness (QED) is 0.613. The number of nitrogens with one attached hydrogen (secondary N) is 2. The molecule has 1 amide bonds. The third kappa shape index (κ3) is 5.14. The van der Waals surface area contributed by atoms with Crippen LogP contribution in [0.15, 0.2) is 67.0 Å². The van der Waals surface area contributed by atoms with Crippen molar-refractivity contribution in [3.8, 4) is 0 Å². The van der Waals surface area contributed by atoms with Crippen LogP contribution in [0.5, 0.6) is 0 Å². The summed E-state index contributed by atoms with van der Waals surface area (Å²) in [6, 6.07) is 15.6. The number of carbonyl (C=O) groups excluding carboxylic acids is 2. The van der Waals surface area contributed by atoms with Crippen LogP contribution in [0.1, 0.15) is 33.5 Å². The first-order chi connectivity index (χ1) is 13.7. The standard InChI is InChI=1S/C21H20N4O3/c1-2-28-21(27)15-6-8-16(9-7-15)25-20(26)19-11-10-18(14-24-19)23-13-17-5-3-4-12-22-17/h3-12,14,23H,2,13H2,1H3,(H,25,26). The van der Waals surface area contributed by atoms with Gasteiger partial charge in [-0.3, -0.25) is 9.78 Å². The molecule has 142 valence electrons. The number of rotatable bonds is 7. The topological polar surface area (TPSA) is 93.2 Å². The molecule has 0 saturated carbocycles. The van der Waals surface area contributed by atoms with Crippen molar-refractivity contribution >= 4 is 23.3 Å². The molecule has 0 aliphatic heterocycles. The predicted octanol–water partition coefficient (Wildman–Crippen LogP) is 3.52. The number of pyridine rings is 2. The minimum atomic E-state index is -0.393. The first kappa shape index (κ1) is 19.0. The van der Waals surface area contributed by atoms with Crippen LogP contribution in [-0.4, -0.2) is 28.5 Å². The van der Waals surface area contributed by atoms with E-state index in [9.17, 15) is 9.59 Å². The molecule has 7 nitrogen and oxygen atoms in total. The van der Waals surface area contributed by atoms with Gasteiger partial charge in [0.1, 0.15) is 5.69 Å². The van der Waals surface area contributed by atoms with Crippen molar-refractivity contribution in [2.45, 2.75) is 13.5 Å². The summed E-state index contributed by atoms with van der Waals surface area (Å²) in [5.74, 6) is -0.726. The fourth-order valence-electron chi connectivity index (χ4n) is 2.43. The van der Waals surface area contributed by atoms with E-state index < -0.39 is 5.97 Å². The highest BCUT2D eigenvalue weighted by molar-refractivity contribution is 6.03. The molecule has 2 heterocycles. The minimum Gasteiger partial charge on any atom is -0.462 e. The third-order valence-corrected chi connectivity index (χ3v) is 3.85. The van der Waals surface area contributed by atoms with Gasteiger partial charge in [0.25, 0.3) is 5.91 Å². The summed E-state index contributed by atoms with van der Waals surface area (Å²) < 4.78 is 4.93. The van der Waals surface area contributed by atoms with Crippen LogP contribution in [-0.2, 0) is 11.3 Å². The molecule has 2 aromatic heterocycles. The number of anilines is 2. The van der Waals surface area contributed by atoms with Crippen LogP contribution in [0.25, 0.3) is 0 Å². The van der Waals surface area contributed by atoms with E-state index in [-0.39, 0.29) is 11.6 Å². The number of esters is 1. The van der Waals surface area contributed by atoms with Crippen molar-refractivity contribution in [1.82, 2.24) is 9.97 Å². The van der Waals surface area contributed by atoms with E-state index in [1.165, 1.54) is 0 Å². The highest BCUT2D eigenvalue weighted by Gasteiger charge is 2.10. The van der Waals surface area contributed by atoms with Gasteiger partial charge in [-0.2, -0.15) is 0 Å². The number of nitrogens with zero attached hydrogens (tertiary/aromatic N) is 2. The van der Waals surface area contributed by atoms with Crippen molar-refractivity contribution in [2.24, 2.45) is 0 Å². The molecular formula is C21H20N4O3. The van der Waals surface area contributed by atoms with Gasteiger partial charge >= 0.3 is 5.97 Å². The summed E-state index contributed by atoms with van der Waals surface area (Å²) in [6.07, 6.45) is 3.34. The van der Waals surface area contributed by atoms with Crippen LogP contribution < -0.4 is 10.6 Å². The summed E-state index contributed by atoms with van der Waals surface area (Å²) >= 11 is 0. The number of carbonyl (C=O) groups is 2. The smallest absolute Gasteiger partial charge is 0.338 e. The fraction of sp³-hybridized carbons (Fsp3) is 0.143. The number of aromatic nitrogens is 2. The Kier molecular flexibility index (Phi) is 6.30. The van der Waals surface area contributed by atoms with Crippen LogP contribution in [0.2, 0.25) is 0 Å². The van der Waals surface area contributed by atoms with E-state index in [0.717, 1.165) is 11.4 Å². The Morgan fingerprint density at radius 2 is 1.75 bits per heavy atom. The van der Waals surface area contributed by atoms with Gasteiger partial charge in [0.2, 0.25) is 0 Å². The van der Waals surface area contributed by atoms with E-state index >= 15 is 0 Å². The molecule has 0 atom stereocenters.